The highest BCUT2D eigenvalue weighted by molar-refractivity contribution is 5.75. The molecule has 0 saturated carbocycles. The highest BCUT2D eigenvalue weighted by Gasteiger charge is 2.08. The van der Waals surface area contributed by atoms with Crippen molar-refractivity contribution in [3.8, 4) is 0 Å². The lowest BCUT2D eigenvalue weighted by molar-refractivity contribution is -0.121. The Morgan fingerprint density at radius 2 is 1.96 bits per heavy atom. The third-order valence-electron chi connectivity index (χ3n) is 4.02. The van der Waals surface area contributed by atoms with E-state index in [1.807, 2.05) is 47.5 Å². The Morgan fingerprint density at radius 1 is 1.17 bits per heavy atom. The number of benzene rings is 1. The van der Waals surface area contributed by atoms with Gasteiger partial charge in [-0.15, -0.1) is 0 Å². The third kappa shape index (κ3) is 3.90. The molecule has 0 atom stereocenters. The smallest absolute Gasteiger partial charge is 0.240 e. The molecule has 1 aromatic carbocycles. The fourth-order valence-corrected chi connectivity index (χ4v) is 2.47. The second-order valence-electron chi connectivity index (χ2n) is 5.85. The number of nitrogens with one attached hydrogen (secondary N) is 1. The largest absolute Gasteiger partial charge is 0.350 e. The minimum Gasteiger partial charge on any atom is -0.350 e. The minimum absolute atomic E-state index is 0.0358. The predicted molar refractivity (Wildman–Crippen MR) is 91.3 cm³/mol. The molecule has 0 radical (unpaired) electrons. The van der Waals surface area contributed by atoms with Gasteiger partial charge in [0.1, 0.15) is 6.54 Å². The van der Waals surface area contributed by atoms with Crippen LogP contribution in [-0.2, 0) is 24.4 Å². The van der Waals surface area contributed by atoms with E-state index in [4.69, 9.17) is 0 Å². The first-order valence-electron chi connectivity index (χ1n) is 7.92. The molecule has 3 aromatic rings. The minimum atomic E-state index is -0.0358. The number of imidazole rings is 1. The van der Waals surface area contributed by atoms with E-state index in [0.29, 0.717) is 6.54 Å². The molecule has 1 amide bonds. The molecule has 124 valence electrons. The van der Waals surface area contributed by atoms with Gasteiger partial charge < -0.3 is 9.88 Å². The second-order valence-corrected chi connectivity index (χ2v) is 5.85. The van der Waals surface area contributed by atoms with Gasteiger partial charge in [-0.1, -0.05) is 30.3 Å². The van der Waals surface area contributed by atoms with E-state index in [1.165, 1.54) is 5.56 Å². The molecule has 6 nitrogen and oxygen atoms in total. The summed E-state index contributed by atoms with van der Waals surface area (Å²) in [6.07, 6.45) is 5.44. The normalized spacial score (nSPS) is 10.8. The third-order valence-corrected chi connectivity index (χ3v) is 4.02. The van der Waals surface area contributed by atoms with Crippen molar-refractivity contribution in [2.75, 3.05) is 0 Å². The summed E-state index contributed by atoms with van der Waals surface area (Å²) in [6.45, 7) is 5.38. The zero-order valence-electron chi connectivity index (χ0n) is 13.9. The molecule has 0 aliphatic heterocycles. The molecule has 0 aliphatic carbocycles. The summed E-state index contributed by atoms with van der Waals surface area (Å²) in [6, 6.07) is 10.2. The average Bonchev–Trinajstić information content (AvgIpc) is 3.16. The Bertz CT molecular complexity index is 819. The van der Waals surface area contributed by atoms with E-state index in [0.717, 1.165) is 23.5 Å². The summed E-state index contributed by atoms with van der Waals surface area (Å²) in [4.78, 5) is 16.3. The number of carbonyl (C=O) groups excluding carboxylic acids is 1. The summed E-state index contributed by atoms with van der Waals surface area (Å²) in [7, 11) is 0. The van der Waals surface area contributed by atoms with Gasteiger partial charge in [-0.2, -0.15) is 5.10 Å². The van der Waals surface area contributed by atoms with E-state index >= 15 is 0 Å². The maximum absolute atomic E-state index is 12.1. The summed E-state index contributed by atoms with van der Waals surface area (Å²) in [5.74, 6) is -0.0358. The molecule has 2 heterocycles. The Balaban J connectivity index is 1.52. The Morgan fingerprint density at radius 3 is 2.67 bits per heavy atom. The number of hydrogen-bond acceptors (Lipinski definition) is 3. The van der Waals surface area contributed by atoms with Crippen LogP contribution in [0.3, 0.4) is 0 Å². The first-order valence-corrected chi connectivity index (χ1v) is 7.92. The van der Waals surface area contributed by atoms with Crippen molar-refractivity contribution in [2.24, 2.45) is 0 Å². The molecule has 24 heavy (non-hydrogen) atoms. The number of aromatic nitrogens is 4. The SMILES string of the molecule is Cc1ncn(CC(=O)NCc2cnn(Cc3ccccc3)c2)c1C. The van der Waals surface area contributed by atoms with Crippen LogP contribution in [-0.4, -0.2) is 25.2 Å². The highest BCUT2D eigenvalue weighted by atomic mass is 16.1. The molecule has 0 fully saturated rings. The molecular weight excluding hydrogens is 302 g/mol. The van der Waals surface area contributed by atoms with Crippen LogP contribution in [0.25, 0.3) is 0 Å². The van der Waals surface area contributed by atoms with Crippen LogP contribution in [0.5, 0.6) is 0 Å². The monoisotopic (exact) mass is 323 g/mol. The Labute approximate surface area is 141 Å². The van der Waals surface area contributed by atoms with E-state index in [1.54, 1.807) is 12.5 Å². The summed E-state index contributed by atoms with van der Waals surface area (Å²) >= 11 is 0. The lowest BCUT2D eigenvalue weighted by Crippen LogP contribution is -2.27. The van der Waals surface area contributed by atoms with Crippen molar-refractivity contribution in [2.45, 2.75) is 33.5 Å². The van der Waals surface area contributed by atoms with E-state index in [9.17, 15) is 4.79 Å². The van der Waals surface area contributed by atoms with Crippen LogP contribution in [0.1, 0.15) is 22.5 Å². The number of carbonyl (C=O) groups is 1. The van der Waals surface area contributed by atoms with Gasteiger partial charge in [-0.3, -0.25) is 9.48 Å². The molecule has 0 unspecified atom stereocenters. The van der Waals surface area contributed by atoms with Gasteiger partial charge in [0.2, 0.25) is 5.91 Å². The molecule has 6 heteroatoms. The van der Waals surface area contributed by atoms with Crippen LogP contribution in [0.4, 0.5) is 0 Å². The van der Waals surface area contributed by atoms with E-state index in [2.05, 4.69) is 27.5 Å². The fourth-order valence-electron chi connectivity index (χ4n) is 2.47. The lowest BCUT2D eigenvalue weighted by Gasteiger charge is -2.06. The molecule has 1 N–H and O–H groups in total. The quantitative estimate of drug-likeness (QED) is 0.755. The van der Waals surface area contributed by atoms with Gasteiger partial charge in [0, 0.05) is 24.0 Å². The van der Waals surface area contributed by atoms with Gasteiger partial charge >= 0.3 is 0 Å². The van der Waals surface area contributed by atoms with Crippen molar-refractivity contribution in [1.82, 2.24) is 24.6 Å². The Hall–Kier alpha value is -2.89. The zero-order valence-corrected chi connectivity index (χ0v) is 13.9. The van der Waals surface area contributed by atoms with Crippen molar-refractivity contribution in [1.29, 1.82) is 0 Å². The van der Waals surface area contributed by atoms with Gasteiger partial charge in [-0.25, -0.2) is 4.98 Å². The van der Waals surface area contributed by atoms with Crippen LogP contribution in [0.2, 0.25) is 0 Å². The molecule has 3 rings (SSSR count). The first kappa shape index (κ1) is 16.0. The molecular formula is C18H21N5O. The van der Waals surface area contributed by atoms with Crippen molar-refractivity contribution >= 4 is 5.91 Å². The first-order chi connectivity index (χ1) is 11.6. The number of rotatable bonds is 6. The predicted octanol–water partition coefficient (Wildman–Crippen LogP) is 2.06. The topological polar surface area (TPSA) is 64.7 Å². The number of nitrogens with zero attached hydrogens (tertiary/aromatic N) is 4. The lowest BCUT2D eigenvalue weighted by atomic mass is 10.2. The van der Waals surface area contributed by atoms with Crippen LogP contribution < -0.4 is 5.32 Å². The average molecular weight is 323 g/mol. The maximum Gasteiger partial charge on any atom is 0.240 e. The second kappa shape index (κ2) is 7.12. The molecule has 0 aliphatic rings. The molecule has 0 bridgehead atoms. The highest BCUT2D eigenvalue weighted by Crippen LogP contribution is 2.05. The van der Waals surface area contributed by atoms with Crippen molar-refractivity contribution in [3.63, 3.8) is 0 Å². The maximum atomic E-state index is 12.1. The summed E-state index contributed by atoms with van der Waals surface area (Å²) < 4.78 is 3.73. The van der Waals surface area contributed by atoms with Gasteiger partial charge in [0.15, 0.2) is 0 Å². The van der Waals surface area contributed by atoms with E-state index < -0.39 is 0 Å². The zero-order chi connectivity index (χ0) is 16.9. The standard InChI is InChI=1S/C18H21N5O/c1-14-15(2)22(13-20-14)12-18(24)19-8-17-9-21-23(11-17)10-16-6-4-3-5-7-16/h3-7,9,11,13H,8,10,12H2,1-2H3,(H,19,24). The van der Waals surface area contributed by atoms with Crippen molar-refractivity contribution < 1.29 is 4.79 Å². The molecule has 0 saturated heterocycles. The molecule has 0 spiro atoms. The fraction of sp³-hybridized carbons (Fsp3) is 0.278. The number of amides is 1. The molecule has 2 aromatic heterocycles. The van der Waals surface area contributed by atoms with Crippen LogP contribution in [0, 0.1) is 13.8 Å². The van der Waals surface area contributed by atoms with E-state index in [-0.39, 0.29) is 12.5 Å². The summed E-state index contributed by atoms with van der Waals surface area (Å²) in [5.41, 5.74) is 4.14. The Kier molecular flexibility index (Phi) is 4.74. The van der Waals surface area contributed by atoms with Crippen LogP contribution in [0.15, 0.2) is 49.1 Å². The number of aryl methyl sites for hydroxylation is 1. The summed E-state index contributed by atoms with van der Waals surface area (Å²) in [5, 5.41) is 7.26. The van der Waals surface area contributed by atoms with Crippen molar-refractivity contribution in [3.05, 3.63) is 71.6 Å². The van der Waals surface area contributed by atoms with Gasteiger partial charge in [0.05, 0.1) is 24.8 Å². The van der Waals surface area contributed by atoms with Gasteiger partial charge in [-0.05, 0) is 19.4 Å². The van der Waals surface area contributed by atoms with Crippen LogP contribution >= 0.6 is 0 Å². The number of hydrogen-bond donors (Lipinski definition) is 1. The van der Waals surface area contributed by atoms with Gasteiger partial charge in [0.25, 0.3) is 0 Å².